The van der Waals surface area contributed by atoms with Crippen LogP contribution in [0, 0.1) is 0 Å². The van der Waals surface area contributed by atoms with Gasteiger partial charge in [0, 0.05) is 23.6 Å². The fraction of sp³-hybridized carbons (Fsp3) is 0.542. The van der Waals surface area contributed by atoms with Crippen LogP contribution in [0.1, 0.15) is 66.8 Å². The largest absolute Gasteiger partial charge is 0.465 e. The van der Waals surface area contributed by atoms with Gasteiger partial charge in [-0.2, -0.15) is 5.10 Å². The molecule has 0 bridgehead atoms. The van der Waals surface area contributed by atoms with Gasteiger partial charge in [-0.25, -0.2) is 9.59 Å². The van der Waals surface area contributed by atoms with E-state index in [0.717, 1.165) is 29.7 Å². The van der Waals surface area contributed by atoms with Crippen molar-refractivity contribution in [2.45, 2.75) is 63.8 Å². The number of benzene rings is 1. The summed E-state index contributed by atoms with van der Waals surface area (Å²) in [5.41, 5.74) is 3.11. The van der Waals surface area contributed by atoms with Crippen LogP contribution in [-0.2, 0) is 28.0 Å². The summed E-state index contributed by atoms with van der Waals surface area (Å²) in [6.07, 6.45) is 3.62. The van der Waals surface area contributed by atoms with Crippen molar-refractivity contribution in [1.82, 2.24) is 20.0 Å². The minimum atomic E-state index is -0.534. The Morgan fingerprint density at radius 1 is 1.22 bits per heavy atom. The number of hydrogen-bond acceptors (Lipinski definition) is 6. The number of carbonyl (C=O) groups is 2. The number of nitrogens with zero attached hydrogens (tertiary/aromatic N) is 3. The van der Waals surface area contributed by atoms with E-state index in [1.54, 1.807) is 11.0 Å². The molecule has 0 radical (unpaired) electrons. The van der Waals surface area contributed by atoms with Crippen LogP contribution in [0.2, 0.25) is 0 Å². The lowest BCUT2D eigenvalue weighted by Gasteiger charge is -2.33. The number of carbonyl (C=O) groups excluding carboxylic acids is 2. The van der Waals surface area contributed by atoms with Crippen LogP contribution >= 0.6 is 0 Å². The van der Waals surface area contributed by atoms with E-state index in [1.807, 2.05) is 50.8 Å². The molecule has 0 spiro atoms. The van der Waals surface area contributed by atoms with E-state index in [0.29, 0.717) is 25.2 Å². The number of esters is 1. The fourth-order valence-electron chi connectivity index (χ4n) is 4.67. The zero-order valence-electron chi connectivity index (χ0n) is 19.5. The summed E-state index contributed by atoms with van der Waals surface area (Å²) in [7, 11) is 3.35. The van der Waals surface area contributed by atoms with Crippen molar-refractivity contribution < 1.29 is 19.1 Å². The number of nitrogens with one attached hydrogen (secondary N) is 1. The first-order valence-corrected chi connectivity index (χ1v) is 11.1. The molecule has 172 valence electrons. The van der Waals surface area contributed by atoms with Crippen molar-refractivity contribution in [2.24, 2.45) is 0 Å². The van der Waals surface area contributed by atoms with E-state index in [-0.39, 0.29) is 23.5 Å². The highest BCUT2D eigenvalue weighted by Gasteiger charge is 2.52. The van der Waals surface area contributed by atoms with Gasteiger partial charge < -0.3 is 19.7 Å². The summed E-state index contributed by atoms with van der Waals surface area (Å²) in [6, 6.07) is 7.71. The molecule has 2 heterocycles. The molecule has 1 N–H and O–H groups in total. The lowest BCUT2D eigenvalue weighted by Crippen LogP contribution is -2.42. The molecule has 32 heavy (non-hydrogen) atoms. The standard InChI is InChI=1S/C24H32N4O4/c1-23(2,3)32-22(30)27-11-12-28-19(15-27)18(14-26-28)20(25-4)24(9-10-24)17-8-6-7-16(13-17)21(29)31-5/h6-8,13-14,20,25H,9-12,15H2,1-5H3. The minimum Gasteiger partial charge on any atom is -0.465 e. The number of likely N-dealkylation sites (N-methyl/N-ethyl adjacent to an activating group) is 1. The molecule has 1 aromatic heterocycles. The third-order valence-electron chi connectivity index (χ3n) is 6.35. The molecule has 8 nitrogen and oxygen atoms in total. The second-order valence-corrected chi connectivity index (χ2v) is 9.62. The molecule has 0 saturated heterocycles. The van der Waals surface area contributed by atoms with Gasteiger partial charge in [0.05, 0.1) is 37.7 Å². The van der Waals surface area contributed by atoms with Gasteiger partial charge in [0.25, 0.3) is 0 Å². The number of ether oxygens (including phenoxy) is 2. The summed E-state index contributed by atoms with van der Waals surface area (Å²) < 4.78 is 12.5. The Hall–Kier alpha value is -2.87. The van der Waals surface area contributed by atoms with Crippen molar-refractivity contribution in [2.75, 3.05) is 20.7 Å². The van der Waals surface area contributed by atoms with Gasteiger partial charge in [0.15, 0.2) is 0 Å². The van der Waals surface area contributed by atoms with Gasteiger partial charge >= 0.3 is 12.1 Å². The van der Waals surface area contributed by atoms with Crippen LogP contribution in [-0.4, -0.2) is 53.0 Å². The minimum absolute atomic E-state index is 0.0118. The number of fused-ring (bicyclic) bond motifs is 1. The molecule has 2 aliphatic rings. The Balaban J connectivity index is 1.63. The summed E-state index contributed by atoms with van der Waals surface area (Å²) >= 11 is 0. The Morgan fingerprint density at radius 3 is 2.59 bits per heavy atom. The van der Waals surface area contributed by atoms with Crippen molar-refractivity contribution in [3.63, 3.8) is 0 Å². The Morgan fingerprint density at radius 2 is 1.97 bits per heavy atom. The van der Waals surface area contributed by atoms with Crippen LogP contribution in [0.5, 0.6) is 0 Å². The zero-order chi connectivity index (χ0) is 23.1. The molecule has 4 rings (SSSR count). The number of methoxy groups -OCH3 is 1. The molecule has 8 heteroatoms. The molecular formula is C24H32N4O4. The first-order valence-electron chi connectivity index (χ1n) is 11.1. The highest BCUT2D eigenvalue weighted by molar-refractivity contribution is 5.89. The van der Waals surface area contributed by atoms with Crippen molar-refractivity contribution in [3.8, 4) is 0 Å². The second-order valence-electron chi connectivity index (χ2n) is 9.62. The predicted molar refractivity (Wildman–Crippen MR) is 119 cm³/mol. The van der Waals surface area contributed by atoms with Crippen LogP contribution in [0.3, 0.4) is 0 Å². The summed E-state index contributed by atoms with van der Waals surface area (Å²) in [5.74, 6) is -0.334. The second kappa shape index (κ2) is 8.24. The third-order valence-corrected chi connectivity index (χ3v) is 6.35. The molecule has 1 saturated carbocycles. The van der Waals surface area contributed by atoms with E-state index in [4.69, 9.17) is 9.47 Å². The van der Waals surface area contributed by atoms with Crippen molar-refractivity contribution in [1.29, 1.82) is 0 Å². The molecule has 1 aliphatic heterocycles. The maximum absolute atomic E-state index is 12.7. The van der Waals surface area contributed by atoms with Crippen LogP contribution in [0.15, 0.2) is 30.5 Å². The topological polar surface area (TPSA) is 85.7 Å². The van der Waals surface area contributed by atoms with Gasteiger partial charge in [-0.15, -0.1) is 0 Å². The van der Waals surface area contributed by atoms with E-state index in [1.165, 1.54) is 7.11 Å². The summed E-state index contributed by atoms with van der Waals surface area (Å²) in [5, 5.41) is 8.11. The first kappa shape index (κ1) is 22.3. The first-order chi connectivity index (χ1) is 15.2. The lowest BCUT2D eigenvalue weighted by atomic mass is 9.83. The third kappa shape index (κ3) is 4.11. The van der Waals surface area contributed by atoms with E-state index >= 15 is 0 Å². The normalized spacial score (nSPS) is 18.0. The SMILES string of the molecule is CNC(c1cnn2c1CN(C(=O)OC(C)(C)C)CC2)C1(c2cccc(C(=O)OC)c2)CC1. The molecule has 1 unspecified atom stereocenters. The maximum Gasteiger partial charge on any atom is 0.410 e. The van der Waals surface area contributed by atoms with E-state index in [2.05, 4.69) is 16.5 Å². The maximum atomic E-state index is 12.7. The van der Waals surface area contributed by atoms with Gasteiger partial charge in [-0.3, -0.25) is 4.68 Å². The molecule has 1 amide bonds. The molecule has 1 fully saturated rings. The monoisotopic (exact) mass is 440 g/mol. The van der Waals surface area contributed by atoms with Gasteiger partial charge in [0.1, 0.15) is 5.60 Å². The Kier molecular flexibility index (Phi) is 5.75. The van der Waals surface area contributed by atoms with Crippen LogP contribution < -0.4 is 5.32 Å². The molecular weight excluding hydrogens is 408 g/mol. The average molecular weight is 441 g/mol. The highest BCUT2D eigenvalue weighted by Crippen LogP contribution is 2.57. The van der Waals surface area contributed by atoms with Gasteiger partial charge in [-0.1, -0.05) is 12.1 Å². The summed E-state index contributed by atoms with van der Waals surface area (Å²) in [4.78, 5) is 26.5. The van der Waals surface area contributed by atoms with E-state index in [9.17, 15) is 9.59 Å². The zero-order valence-corrected chi connectivity index (χ0v) is 19.5. The number of aromatic nitrogens is 2. The van der Waals surface area contributed by atoms with Gasteiger partial charge in [-0.05, 0) is 58.4 Å². The van der Waals surface area contributed by atoms with E-state index < -0.39 is 5.60 Å². The molecule has 1 aliphatic carbocycles. The van der Waals surface area contributed by atoms with Crippen molar-refractivity contribution >= 4 is 12.1 Å². The number of hydrogen-bond donors (Lipinski definition) is 1. The Labute approximate surface area is 188 Å². The van der Waals surface area contributed by atoms with Crippen LogP contribution in [0.4, 0.5) is 4.79 Å². The van der Waals surface area contributed by atoms with Crippen molar-refractivity contribution in [3.05, 3.63) is 52.8 Å². The molecule has 1 aromatic carbocycles. The molecule has 1 atom stereocenters. The highest BCUT2D eigenvalue weighted by atomic mass is 16.6. The quantitative estimate of drug-likeness (QED) is 0.717. The number of amides is 1. The lowest BCUT2D eigenvalue weighted by molar-refractivity contribution is 0.0193. The number of rotatable bonds is 5. The summed E-state index contributed by atoms with van der Waals surface area (Å²) in [6.45, 7) is 7.29. The Bertz CT molecular complexity index is 1020. The van der Waals surface area contributed by atoms with Gasteiger partial charge in [0.2, 0.25) is 0 Å². The smallest absolute Gasteiger partial charge is 0.410 e. The van der Waals surface area contributed by atoms with Crippen LogP contribution in [0.25, 0.3) is 0 Å². The average Bonchev–Trinajstić information content (AvgIpc) is 3.46. The fourth-order valence-corrected chi connectivity index (χ4v) is 4.67. The predicted octanol–water partition coefficient (Wildman–Crippen LogP) is 3.41. The molecule has 2 aromatic rings.